The van der Waals surface area contributed by atoms with E-state index in [1.807, 2.05) is 0 Å². The van der Waals surface area contributed by atoms with Crippen LogP contribution in [0.2, 0.25) is 0 Å². The molecule has 0 saturated heterocycles. The molecule has 0 fully saturated rings. The molecule has 16 heavy (non-hydrogen) atoms. The second kappa shape index (κ2) is 4.41. The Balaban J connectivity index is 3.54. The average Bonchev–Trinajstić information content (AvgIpc) is 2.15. The van der Waals surface area contributed by atoms with E-state index in [2.05, 4.69) is 0 Å². The number of hydrogen-bond donors (Lipinski definition) is 0. The zero-order chi connectivity index (χ0) is 12.5. The SMILES string of the molecule is CC(=O)c1cc(C(F)(F)F)cc(C#N)c1I. The van der Waals surface area contributed by atoms with Gasteiger partial charge in [-0.2, -0.15) is 18.4 Å². The number of hydrogen-bond acceptors (Lipinski definition) is 2. The van der Waals surface area contributed by atoms with Gasteiger partial charge in [-0.3, -0.25) is 4.79 Å². The van der Waals surface area contributed by atoms with Crippen molar-refractivity contribution >= 4 is 28.4 Å². The van der Waals surface area contributed by atoms with Crippen LogP contribution in [-0.2, 0) is 6.18 Å². The summed E-state index contributed by atoms with van der Waals surface area (Å²) >= 11 is 1.69. The zero-order valence-electron chi connectivity index (χ0n) is 8.02. The Kier molecular flexibility index (Phi) is 3.57. The van der Waals surface area contributed by atoms with Gasteiger partial charge in [-0.15, -0.1) is 0 Å². The van der Waals surface area contributed by atoms with Crippen molar-refractivity contribution in [2.24, 2.45) is 0 Å². The van der Waals surface area contributed by atoms with Crippen LogP contribution in [0.15, 0.2) is 12.1 Å². The first-order chi connectivity index (χ1) is 7.27. The highest BCUT2D eigenvalue weighted by atomic mass is 127. The van der Waals surface area contributed by atoms with Crippen LogP contribution >= 0.6 is 22.6 Å². The van der Waals surface area contributed by atoms with Gasteiger partial charge in [-0.05, 0) is 41.6 Å². The number of rotatable bonds is 1. The minimum Gasteiger partial charge on any atom is -0.294 e. The number of alkyl halides is 3. The molecule has 0 aliphatic carbocycles. The van der Waals surface area contributed by atoms with E-state index in [1.165, 1.54) is 6.92 Å². The second-order valence-corrected chi connectivity index (χ2v) is 4.13. The second-order valence-electron chi connectivity index (χ2n) is 3.05. The first-order valence-electron chi connectivity index (χ1n) is 4.09. The highest BCUT2D eigenvalue weighted by Gasteiger charge is 2.32. The van der Waals surface area contributed by atoms with Gasteiger partial charge < -0.3 is 0 Å². The summed E-state index contributed by atoms with van der Waals surface area (Å²) in [5.41, 5.74) is -1.19. The number of benzene rings is 1. The van der Waals surface area contributed by atoms with Crippen molar-refractivity contribution in [3.63, 3.8) is 0 Å². The molecule has 2 nitrogen and oxygen atoms in total. The van der Waals surface area contributed by atoms with E-state index in [0.29, 0.717) is 0 Å². The molecule has 0 amide bonds. The normalized spacial score (nSPS) is 11.0. The van der Waals surface area contributed by atoms with Crippen molar-refractivity contribution in [2.45, 2.75) is 13.1 Å². The van der Waals surface area contributed by atoms with Crippen molar-refractivity contribution in [2.75, 3.05) is 0 Å². The molecule has 0 unspecified atom stereocenters. The molecule has 0 N–H and O–H groups in total. The third-order valence-corrected chi connectivity index (χ3v) is 3.06. The molecular formula is C10H5F3INO. The van der Waals surface area contributed by atoms with Gasteiger partial charge in [0.15, 0.2) is 5.78 Å². The van der Waals surface area contributed by atoms with Crippen LogP contribution < -0.4 is 0 Å². The number of nitrogens with zero attached hydrogens (tertiary/aromatic N) is 1. The summed E-state index contributed by atoms with van der Waals surface area (Å²) < 4.78 is 37.6. The minimum absolute atomic E-state index is 0.0769. The summed E-state index contributed by atoms with van der Waals surface area (Å²) in [6, 6.07) is 3.16. The van der Waals surface area contributed by atoms with Crippen molar-refractivity contribution in [1.82, 2.24) is 0 Å². The smallest absolute Gasteiger partial charge is 0.294 e. The molecular weight excluding hydrogens is 334 g/mol. The van der Waals surface area contributed by atoms with Gasteiger partial charge in [0.05, 0.1) is 11.1 Å². The van der Waals surface area contributed by atoms with Crippen LogP contribution in [0.4, 0.5) is 13.2 Å². The van der Waals surface area contributed by atoms with Gasteiger partial charge in [0.25, 0.3) is 0 Å². The van der Waals surface area contributed by atoms with Crippen LogP contribution in [0.25, 0.3) is 0 Å². The van der Waals surface area contributed by atoms with Gasteiger partial charge in [0, 0.05) is 9.13 Å². The first-order valence-corrected chi connectivity index (χ1v) is 5.17. The van der Waals surface area contributed by atoms with E-state index in [1.54, 1.807) is 28.7 Å². The minimum atomic E-state index is -4.56. The molecule has 84 valence electrons. The Morgan fingerprint density at radius 3 is 2.38 bits per heavy atom. The molecule has 0 saturated carbocycles. The van der Waals surface area contributed by atoms with Crippen molar-refractivity contribution < 1.29 is 18.0 Å². The molecule has 0 heterocycles. The molecule has 0 bridgehead atoms. The maximum atomic E-state index is 12.5. The standard InChI is InChI=1S/C10H5F3INO/c1-5(16)8-3-7(10(11,12)13)2-6(4-15)9(8)14/h2-3H,1H3. The maximum absolute atomic E-state index is 12.5. The number of nitriles is 1. The third-order valence-electron chi connectivity index (χ3n) is 1.90. The molecule has 1 aromatic carbocycles. The number of halogens is 4. The average molecular weight is 339 g/mol. The zero-order valence-corrected chi connectivity index (χ0v) is 10.2. The Labute approximate surface area is 103 Å². The Hall–Kier alpha value is -1.10. The molecule has 0 aliphatic rings. The Bertz CT molecular complexity index is 488. The summed E-state index contributed by atoms with van der Waals surface area (Å²) in [7, 11) is 0. The third kappa shape index (κ3) is 2.52. The number of Topliss-reactive ketones (excluding diaryl/α,β-unsaturated/α-hetero) is 1. The highest BCUT2D eigenvalue weighted by Crippen LogP contribution is 2.32. The van der Waals surface area contributed by atoms with Crippen LogP contribution in [0.3, 0.4) is 0 Å². The predicted octanol–water partition coefficient (Wildman–Crippen LogP) is 3.38. The van der Waals surface area contributed by atoms with E-state index >= 15 is 0 Å². The maximum Gasteiger partial charge on any atom is 0.416 e. The lowest BCUT2D eigenvalue weighted by Gasteiger charge is -2.10. The molecule has 1 aromatic rings. The quantitative estimate of drug-likeness (QED) is 0.581. The van der Waals surface area contributed by atoms with Crippen molar-refractivity contribution in [3.05, 3.63) is 32.4 Å². The predicted molar refractivity (Wildman–Crippen MR) is 58.9 cm³/mol. The fraction of sp³-hybridized carbons (Fsp3) is 0.200. The first kappa shape index (κ1) is 13.0. The molecule has 0 spiro atoms. The van der Waals surface area contributed by atoms with Crippen LogP contribution in [-0.4, -0.2) is 5.78 Å². The molecule has 6 heteroatoms. The largest absolute Gasteiger partial charge is 0.416 e. The summed E-state index contributed by atoms with van der Waals surface area (Å²) in [5.74, 6) is -0.494. The molecule has 0 aliphatic heterocycles. The molecule has 0 atom stereocenters. The van der Waals surface area contributed by atoms with Gasteiger partial charge in [0.1, 0.15) is 6.07 Å². The molecule has 0 radical (unpaired) electrons. The summed E-state index contributed by atoms with van der Waals surface area (Å²) in [5, 5.41) is 8.68. The van der Waals surface area contributed by atoms with Gasteiger partial charge >= 0.3 is 6.18 Å². The monoisotopic (exact) mass is 339 g/mol. The lowest BCUT2D eigenvalue weighted by Crippen LogP contribution is -2.09. The van der Waals surface area contributed by atoms with E-state index in [-0.39, 0.29) is 14.7 Å². The van der Waals surface area contributed by atoms with Crippen molar-refractivity contribution in [1.29, 1.82) is 5.26 Å². The molecule has 0 aromatic heterocycles. The summed E-state index contributed by atoms with van der Waals surface area (Å²) in [6.07, 6.45) is -4.56. The van der Waals surface area contributed by atoms with E-state index in [4.69, 9.17) is 5.26 Å². The highest BCUT2D eigenvalue weighted by molar-refractivity contribution is 14.1. The summed E-state index contributed by atoms with van der Waals surface area (Å²) in [4.78, 5) is 11.1. The fourth-order valence-corrected chi connectivity index (χ4v) is 1.94. The van der Waals surface area contributed by atoms with Crippen LogP contribution in [0, 0.1) is 14.9 Å². The van der Waals surface area contributed by atoms with Crippen molar-refractivity contribution in [3.8, 4) is 6.07 Å². The lowest BCUT2D eigenvalue weighted by atomic mass is 10.0. The van der Waals surface area contributed by atoms with Gasteiger partial charge in [0.2, 0.25) is 0 Å². The molecule has 1 rings (SSSR count). The fourth-order valence-electron chi connectivity index (χ4n) is 1.13. The van der Waals surface area contributed by atoms with Gasteiger partial charge in [-0.1, -0.05) is 0 Å². The topological polar surface area (TPSA) is 40.9 Å². The Morgan fingerprint density at radius 1 is 1.44 bits per heavy atom. The summed E-state index contributed by atoms with van der Waals surface area (Å²) in [6.45, 7) is 1.17. The van der Waals surface area contributed by atoms with E-state index < -0.39 is 17.5 Å². The van der Waals surface area contributed by atoms with E-state index in [9.17, 15) is 18.0 Å². The van der Waals surface area contributed by atoms with E-state index in [0.717, 1.165) is 12.1 Å². The number of ketones is 1. The number of carbonyl (C=O) groups is 1. The van der Waals surface area contributed by atoms with Gasteiger partial charge in [-0.25, -0.2) is 0 Å². The number of carbonyl (C=O) groups excluding carboxylic acids is 1. The Morgan fingerprint density at radius 2 is 2.00 bits per heavy atom. The van der Waals surface area contributed by atoms with Crippen LogP contribution in [0.1, 0.15) is 28.4 Å². The lowest BCUT2D eigenvalue weighted by molar-refractivity contribution is -0.137. The van der Waals surface area contributed by atoms with Crippen LogP contribution in [0.5, 0.6) is 0 Å².